The highest BCUT2D eigenvalue weighted by Gasteiger charge is 2.47. The lowest BCUT2D eigenvalue weighted by atomic mass is 9.90. The van der Waals surface area contributed by atoms with Crippen molar-refractivity contribution < 1.29 is 0 Å². The molecule has 0 aromatic carbocycles. The summed E-state index contributed by atoms with van der Waals surface area (Å²) < 4.78 is 0. The smallest absolute Gasteiger partial charge is 0.0195 e. The molecule has 1 N–H and O–H groups in total. The molecule has 2 unspecified atom stereocenters. The fraction of sp³-hybridized carbons (Fsp3) is 1.00. The zero-order valence-corrected chi connectivity index (χ0v) is 12.1. The molecule has 1 heterocycles. The van der Waals surface area contributed by atoms with Crippen molar-refractivity contribution in [1.29, 1.82) is 0 Å². The standard InChI is InChI=1S/C15H30N2/c1-5-6-14-10-17(13(4)9-16-14)11-15(7-8-15)12(2)3/h12-14,16H,5-11H2,1-4H3. The van der Waals surface area contributed by atoms with Crippen LogP contribution in [0, 0.1) is 11.3 Å². The Morgan fingerprint density at radius 1 is 1.35 bits per heavy atom. The molecule has 1 saturated heterocycles. The molecule has 1 aliphatic heterocycles. The predicted molar refractivity (Wildman–Crippen MR) is 74.2 cm³/mol. The lowest BCUT2D eigenvalue weighted by molar-refractivity contribution is 0.0963. The Bertz CT molecular complexity index is 245. The van der Waals surface area contributed by atoms with Gasteiger partial charge >= 0.3 is 0 Å². The van der Waals surface area contributed by atoms with Gasteiger partial charge in [-0.2, -0.15) is 0 Å². The Morgan fingerprint density at radius 3 is 2.59 bits per heavy atom. The number of hydrogen-bond donors (Lipinski definition) is 1. The summed E-state index contributed by atoms with van der Waals surface area (Å²) in [7, 11) is 0. The van der Waals surface area contributed by atoms with E-state index in [1.807, 2.05) is 0 Å². The first kappa shape index (κ1) is 13.4. The highest BCUT2D eigenvalue weighted by Crippen LogP contribution is 2.52. The van der Waals surface area contributed by atoms with Gasteiger partial charge in [0.15, 0.2) is 0 Å². The Morgan fingerprint density at radius 2 is 2.06 bits per heavy atom. The lowest BCUT2D eigenvalue weighted by Crippen LogP contribution is -2.56. The first-order chi connectivity index (χ1) is 8.07. The van der Waals surface area contributed by atoms with Crippen LogP contribution in [0.25, 0.3) is 0 Å². The quantitative estimate of drug-likeness (QED) is 0.792. The van der Waals surface area contributed by atoms with E-state index >= 15 is 0 Å². The topological polar surface area (TPSA) is 15.3 Å². The van der Waals surface area contributed by atoms with Gasteiger partial charge in [-0.1, -0.05) is 27.2 Å². The Balaban J connectivity index is 1.90. The zero-order valence-electron chi connectivity index (χ0n) is 12.1. The van der Waals surface area contributed by atoms with Gasteiger partial charge in [-0.25, -0.2) is 0 Å². The maximum absolute atomic E-state index is 3.69. The summed E-state index contributed by atoms with van der Waals surface area (Å²) in [6, 6.07) is 1.46. The van der Waals surface area contributed by atoms with Gasteiger partial charge in [0.25, 0.3) is 0 Å². The van der Waals surface area contributed by atoms with E-state index in [9.17, 15) is 0 Å². The molecular formula is C15H30N2. The minimum absolute atomic E-state index is 0.669. The van der Waals surface area contributed by atoms with Crippen LogP contribution in [0.2, 0.25) is 0 Å². The molecule has 2 heteroatoms. The molecule has 0 aromatic rings. The Kier molecular flexibility index (Phi) is 4.14. The van der Waals surface area contributed by atoms with Gasteiger partial charge in [0.2, 0.25) is 0 Å². The minimum atomic E-state index is 0.669. The molecule has 2 atom stereocenters. The maximum Gasteiger partial charge on any atom is 0.0195 e. The van der Waals surface area contributed by atoms with Gasteiger partial charge in [0, 0.05) is 31.7 Å². The molecule has 2 nitrogen and oxygen atoms in total. The summed E-state index contributed by atoms with van der Waals surface area (Å²) in [5.74, 6) is 0.856. The second-order valence-corrected chi connectivity index (χ2v) is 6.69. The molecule has 2 rings (SSSR count). The molecule has 17 heavy (non-hydrogen) atoms. The lowest BCUT2D eigenvalue weighted by Gasteiger charge is -2.41. The van der Waals surface area contributed by atoms with Crippen LogP contribution in [0.5, 0.6) is 0 Å². The zero-order chi connectivity index (χ0) is 12.5. The normalized spacial score (nSPS) is 33.0. The molecule has 1 saturated carbocycles. The molecular weight excluding hydrogens is 208 g/mol. The highest BCUT2D eigenvalue weighted by atomic mass is 15.2. The van der Waals surface area contributed by atoms with E-state index in [1.54, 1.807) is 0 Å². The number of nitrogens with zero attached hydrogens (tertiary/aromatic N) is 1. The first-order valence-corrected chi connectivity index (χ1v) is 7.55. The van der Waals surface area contributed by atoms with E-state index in [4.69, 9.17) is 0 Å². The molecule has 0 aromatic heterocycles. The second kappa shape index (κ2) is 5.27. The maximum atomic E-state index is 3.69. The van der Waals surface area contributed by atoms with Crippen molar-refractivity contribution >= 4 is 0 Å². The average Bonchev–Trinajstić information content (AvgIpc) is 3.04. The van der Waals surface area contributed by atoms with E-state index in [2.05, 4.69) is 37.9 Å². The number of rotatable bonds is 5. The van der Waals surface area contributed by atoms with Crippen LogP contribution < -0.4 is 5.32 Å². The molecule has 0 spiro atoms. The van der Waals surface area contributed by atoms with Crippen LogP contribution in [0.3, 0.4) is 0 Å². The highest BCUT2D eigenvalue weighted by molar-refractivity contribution is 4.99. The van der Waals surface area contributed by atoms with Crippen molar-refractivity contribution in [3.05, 3.63) is 0 Å². The summed E-state index contributed by atoms with van der Waals surface area (Å²) in [6.45, 7) is 13.3. The van der Waals surface area contributed by atoms with Crippen molar-refractivity contribution in [2.75, 3.05) is 19.6 Å². The molecule has 2 fully saturated rings. The van der Waals surface area contributed by atoms with Gasteiger partial charge in [0.05, 0.1) is 0 Å². The predicted octanol–water partition coefficient (Wildman–Crippen LogP) is 2.89. The van der Waals surface area contributed by atoms with Crippen molar-refractivity contribution in [2.24, 2.45) is 11.3 Å². The van der Waals surface area contributed by atoms with Crippen molar-refractivity contribution in [2.45, 2.75) is 65.5 Å². The summed E-state index contributed by atoms with van der Waals surface area (Å²) >= 11 is 0. The van der Waals surface area contributed by atoms with Gasteiger partial charge in [-0.3, -0.25) is 4.90 Å². The summed E-state index contributed by atoms with van der Waals surface area (Å²) in [4.78, 5) is 2.75. The fourth-order valence-corrected chi connectivity index (χ4v) is 3.24. The third kappa shape index (κ3) is 3.03. The number of nitrogens with one attached hydrogen (secondary N) is 1. The van der Waals surface area contributed by atoms with Gasteiger partial charge in [-0.05, 0) is 37.5 Å². The Labute approximate surface area is 107 Å². The van der Waals surface area contributed by atoms with E-state index in [0.717, 1.165) is 18.0 Å². The first-order valence-electron chi connectivity index (χ1n) is 7.55. The molecule has 0 amide bonds. The number of hydrogen-bond acceptors (Lipinski definition) is 2. The van der Waals surface area contributed by atoms with Gasteiger partial charge in [-0.15, -0.1) is 0 Å². The minimum Gasteiger partial charge on any atom is -0.311 e. The van der Waals surface area contributed by atoms with E-state index in [-0.39, 0.29) is 0 Å². The van der Waals surface area contributed by atoms with Crippen LogP contribution in [-0.4, -0.2) is 36.6 Å². The van der Waals surface area contributed by atoms with Crippen LogP contribution in [0.4, 0.5) is 0 Å². The molecule has 0 radical (unpaired) electrons. The third-order valence-electron chi connectivity index (χ3n) is 5.05. The van der Waals surface area contributed by atoms with Crippen molar-refractivity contribution in [3.63, 3.8) is 0 Å². The Hall–Kier alpha value is -0.0800. The van der Waals surface area contributed by atoms with Crippen LogP contribution in [-0.2, 0) is 0 Å². The summed E-state index contributed by atoms with van der Waals surface area (Å²) in [5.41, 5.74) is 0.669. The van der Waals surface area contributed by atoms with Crippen LogP contribution in [0.15, 0.2) is 0 Å². The van der Waals surface area contributed by atoms with Gasteiger partial charge in [0.1, 0.15) is 0 Å². The molecule has 100 valence electrons. The van der Waals surface area contributed by atoms with E-state index < -0.39 is 0 Å². The van der Waals surface area contributed by atoms with Crippen molar-refractivity contribution in [3.8, 4) is 0 Å². The summed E-state index contributed by atoms with van der Waals surface area (Å²) in [5, 5.41) is 3.69. The van der Waals surface area contributed by atoms with E-state index in [1.165, 1.54) is 45.3 Å². The SMILES string of the molecule is CCCC1CN(CC2(C(C)C)CC2)C(C)CN1. The third-order valence-corrected chi connectivity index (χ3v) is 5.05. The molecule has 0 bridgehead atoms. The van der Waals surface area contributed by atoms with Crippen LogP contribution in [0.1, 0.15) is 53.4 Å². The monoisotopic (exact) mass is 238 g/mol. The molecule has 2 aliphatic rings. The second-order valence-electron chi connectivity index (χ2n) is 6.69. The molecule has 1 aliphatic carbocycles. The number of piperazine rings is 1. The largest absolute Gasteiger partial charge is 0.311 e. The van der Waals surface area contributed by atoms with Crippen molar-refractivity contribution in [1.82, 2.24) is 10.2 Å². The fourth-order valence-electron chi connectivity index (χ4n) is 3.24. The summed E-state index contributed by atoms with van der Waals surface area (Å²) in [6.07, 6.45) is 5.55. The van der Waals surface area contributed by atoms with Gasteiger partial charge < -0.3 is 5.32 Å². The van der Waals surface area contributed by atoms with Crippen LogP contribution >= 0.6 is 0 Å². The average molecular weight is 238 g/mol. The van der Waals surface area contributed by atoms with E-state index in [0.29, 0.717) is 5.41 Å².